The maximum atomic E-state index is 13.0. The summed E-state index contributed by atoms with van der Waals surface area (Å²) in [7, 11) is 0. The van der Waals surface area contributed by atoms with E-state index < -0.39 is 5.76 Å². The third kappa shape index (κ3) is 4.65. The Labute approximate surface area is 207 Å². The van der Waals surface area contributed by atoms with Crippen molar-refractivity contribution < 1.29 is 14.0 Å². The van der Waals surface area contributed by atoms with Gasteiger partial charge in [0, 0.05) is 48.6 Å². The molecule has 7 nitrogen and oxygen atoms in total. The molecule has 1 saturated heterocycles. The number of Topliss-reactive ketones (excluding diaryl/α,β-unsaturated/α-hetero) is 1. The SMILES string of the molecule is CC(=O)c1ccc(N2CCN(Cn3c(=O)oc4ccc(C(=O)c5ccccc5Cl)cc43)CC2)cc1. The van der Waals surface area contributed by atoms with Gasteiger partial charge >= 0.3 is 5.76 Å². The molecule has 0 N–H and O–H groups in total. The summed E-state index contributed by atoms with van der Waals surface area (Å²) in [5.41, 5.74) is 3.65. The van der Waals surface area contributed by atoms with E-state index in [1.165, 1.54) is 0 Å². The lowest BCUT2D eigenvalue weighted by atomic mass is 10.0. The molecule has 0 bridgehead atoms. The van der Waals surface area contributed by atoms with Crippen molar-refractivity contribution in [2.24, 2.45) is 0 Å². The Morgan fingerprint density at radius 3 is 2.29 bits per heavy atom. The number of nitrogens with zero attached hydrogens (tertiary/aromatic N) is 3. The monoisotopic (exact) mass is 489 g/mol. The molecule has 178 valence electrons. The molecule has 1 aliphatic rings. The molecule has 1 fully saturated rings. The molecule has 0 spiro atoms. The van der Waals surface area contributed by atoms with Crippen LogP contribution in [0.15, 0.2) is 75.9 Å². The first kappa shape index (κ1) is 23.1. The van der Waals surface area contributed by atoms with Crippen LogP contribution in [0.5, 0.6) is 0 Å². The lowest BCUT2D eigenvalue weighted by Crippen LogP contribution is -2.47. The van der Waals surface area contributed by atoms with Gasteiger partial charge in [0.15, 0.2) is 17.1 Å². The number of aromatic nitrogens is 1. The molecule has 0 unspecified atom stereocenters. The molecule has 3 aromatic carbocycles. The molecule has 0 aliphatic carbocycles. The number of anilines is 1. The predicted octanol–water partition coefficient (Wildman–Crippen LogP) is 4.46. The molecule has 1 aliphatic heterocycles. The van der Waals surface area contributed by atoms with Crippen molar-refractivity contribution in [1.29, 1.82) is 0 Å². The van der Waals surface area contributed by atoms with Crippen molar-refractivity contribution in [2.75, 3.05) is 31.1 Å². The highest BCUT2D eigenvalue weighted by molar-refractivity contribution is 6.35. The summed E-state index contributed by atoms with van der Waals surface area (Å²) < 4.78 is 7.00. The Hall–Kier alpha value is -3.68. The molecule has 4 aromatic rings. The molecule has 1 aromatic heterocycles. The van der Waals surface area contributed by atoms with Gasteiger partial charge in [0.05, 0.1) is 17.2 Å². The Bertz CT molecular complexity index is 1460. The van der Waals surface area contributed by atoms with Crippen molar-refractivity contribution in [2.45, 2.75) is 13.6 Å². The zero-order valence-corrected chi connectivity index (χ0v) is 20.0. The summed E-state index contributed by atoms with van der Waals surface area (Å²) in [6.07, 6.45) is 0. The fourth-order valence-corrected chi connectivity index (χ4v) is 4.61. The number of hydrogen-bond donors (Lipinski definition) is 0. The summed E-state index contributed by atoms with van der Waals surface area (Å²) in [6, 6.07) is 19.5. The minimum atomic E-state index is -0.454. The minimum absolute atomic E-state index is 0.0517. The van der Waals surface area contributed by atoms with E-state index in [2.05, 4.69) is 9.80 Å². The third-order valence-corrected chi connectivity index (χ3v) is 6.73. The van der Waals surface area contributed by atoms with E-state index in [0.29, 0.717) is 39.5 Å². The first-order chi connectivity index (χ1) is 16.9. The quantitative estimate of drug-likeness (QED) is 0.372. The van der Waals surface area contributed by atoms with E-state index in [9.17, 15) is 14.4 Å². The zero-order valence-electron chi connectivity index (χ0n) is 19.2. The van der Waals surface area contributed by atoms with Crippen LogP contribution >= 0.6 is 11.6 Å². The lowest BCUT2D eigenvalue weighted by Gasteiger charge is -2.36. The van der Waals surface area contributed by atoms with Gasteiger partial charge in [-0.2, -0.15) is 0 Å². The van der Waals surface area contributed by atoms with Crippen LogP contribution in [0.25, 0.3) is 11.1 Å². The van der Waals surface area contributed by atoms with Crippen LogP contribution < -0.4 is 10.7 Å². The zero-order chi connectivity index (χ0) is 24.5. The summed E-state index contributed by atoms with van der Waals surface area (Å²) in [4.78, 5) is 41.6. The van der Waals surface area contributed by atoms with Gasteiger partial charge in [0.1, 0.15) is 0 Å². The van der Waals surface area contributed by atoms with E-state index in [4.69, 9.17) is 16.0 Å². The van der Waals surface area contributed by atoms with Crippen LogP contribution in [0.4, 0.5) is 5.69 Å². The second-order valence-corrected chi connectivity index (χ2v) is 9.04. The van der Waals surface area contributed by atoms with E-state index in [-0.39, 0.29) is 11.6 Å². The van der Waals surface area contributed by atoms with Gasteiger partial charge in [-0.1, -0.05) is 23.7 Å². The number of ketones is 2. The molecule has 0 saturated carbocycles. The molecule has 0 radical (unpaired) electrons. The van der Waals surface area contributed by atoms with Gasteiger partial charge in [-0.25, -0.2) is 4.79 Å². The Kier molecular flexibility index (Phi) is 6.28. The number of fused-ring (bicyclic) bond motifs is 1. The van der Waals surface area contributed by atoms with Crippen molar-refractivity contribution in [1.82, 2.24) is 9.47 Å². The number of carbonyl (C=O) groups excluding carboxylic acids is 2. The van der Waals surface area contributed by atoms with Crippen LogP contribution in [0, 0.1) is 0 Å². The van der Waals surface area contributed by atoms with Gasteiger partial charge in [-0.3, -0.25) is 19.1 Å². The summed E-state index contributed by atoms with van der Waals surface area (Å²) in [5, 5.41) is 0.385. The average Bonchev–Trinajstić information content (AvgIpc) is 3.18. The molecule has 2 heterocycles. The van der Waals surface area contributed by atoms with E-state index >= 15 is 0 Å². The number of carbonyl (C=O) groups is 2. The molecular formula is C27H24ClN3O4. The number of piperazine rings is 1. The largest absolute Gasteiger partial charge is 0.421 e. The van der Waals surface area contributed by atoms with Crippen molar-refractivity contribution in [3.05, 3.63) is 99.0 Å². The maximum Gasteiger partial charge on any atom is 0.421 e. The first-order valence-electron chi connectivity index (χ1n) is 11.4. The third-order valence-electron chi connectivity index (χ3n) is 6.40. The number of halogens is 1. The Balaban J connectivity index is 1.32. The maximum absolute atomic E-state index is 13.0. The highest BCUT2D eigenvalue weighted by atomic mass is 35.5. The molecule has 8 heteroatoms. The second kappa shape index (κ2) is 9.52. The van der Waals surface area contributed by atoms with Gasteiger partial charge in [0.2, 0.25) is 0 Å². The highest BCUT2D eigenvalue weighted by Crippen LogP contribution is 2.23. The second-order valence-electron chi connectivity index (χ2n) is 8.64. The molecule has 0 atom stereocenters. The fourth-order valence-electron chi connectivity index (χ4n) is 4.39. The summed E-state index contributed by atoms with van der Waals surface area (Å²) in [6.45, 7) is 5.02. The van der Waals surface area contributed by atoms with Gasteiger partial charge in [-0.15, -0.1) is 0 Å². The van der Waals surface area contributed by atoms with Gasteiger partial charge < -0.3 is 9.32 Å². The van der Waals surface area contributed by atoms with Crippen LogP contribution in [-0.4, -0.2) is 47.2 Å². The molecule has 35 heavy (non-hydrogen) atoms. The summed E-state index contributed by atoms with van der Waals surface area (Å²) in [5.74, 6) is -0.609. The van der Waals surface area contributed by atoms with Crippen LogP contribution in [0.3, 0.4) is 0 Å². The topological polar surface area (TPSA) is 75.8 Å². The van der Waals surface area contributed by atoms with Crippen molar-refractivity contribution >= 4 is 40.0 Å². The smallest absolute Gasteiger partial charge is 0.408 e. The van der Waals surface area contributed by atoms with E-state index in [0.717, 1.165) is 31.9 Å². The molecule has 5 rings (SSSR count). The number of oxazole rings is 1. The van der Waals surface area contributed by atoms with Crippen LogP contribution in [-0.2, 0) is 6.67 Å². The van der Waals surface area contributed by atoms with E-state index in [1.807, 2.05) is 24.3 Å². The number of hydrogen-bond acceptors (Lipinski definition) is 6. The van der Waals surface area contributed by atoms with Crippen molar-refractivity contribution in [3.63, 3.8) is 0 Å². The van der Waals surface area contributed by atoms with Crippen LogP contribution in [0.2, 0.25) is 5.02 Å². The van der Waals surface area contributed by atoms with Gasteiger partial charge in [0.25, 0.3) is 0 Å². The lowest BCUT2D eigenvalue weighted by molar-refractivity contribution is 0.101. The number of rotatable bonds is 6. The molecular weight excluding hydrogens is 466 g/mol. The number of benzene rings is 3. The standard InChI is InChI=1S/C27H24ClN3O4/c1-18(32)19-6-9-21(10-7-19)30-14-12-29(13-15-30)17-31-24-16-20(8-11-25(24)35-27(31)34)26(33)22-4-2-3-5-23(22)28/h2-11,16H,12-15,17H2,1H3. The minimum Gasteiger partial charge on any atom is -0.408 e. The van der Waals surface area contributed by atoms with Gasteiger partial charge in [-0.05, 0) is 61.5 Å². The van der Waals surface area contributed by atoms with Crippen molar-refractivity contribution in [3.8, 4) is 0 Å². The van der Waals surface area contributed by atoms with Crippen LogP contribution in [0.1, 0.15) is 33.2 Å². The Morgan fingerprint density at radius 1 is 0.914 bits per heavy atom. The molecule has 0 amide bonds. The average molecular weight is 490 g/mol. The Morgan fingerprint density at radius 2 is 1.60 bits per heavy atom. The predicted molar refractivity (Wildman–Crippen MR) is 136 cm³/mol. The normalized spacial score (nSPS) is 14.4. The van der Waals surface area contributed by atoms with E-state index in [1.54, 1.807) is 54.0 Å². The fraction of sp³-hybridized carbons (Fsp3) is 0.222. The summed E-state index contributed by atoms with van der Waals surface area (Å²) >= 11 is 6.21. The first-order valence-corrected chi connectivity index (χ1v) is 11.8. The highest BCUT2D eigenvalue weighted by Gasteiger charge is 2.21.